The number of rotatable bonds is 17. The molecule has 27 heavy (non-hydrogen) atoms. The number of hydrogen-bond donors (Lipinski definition) is 2. The Balaban J connectivity index is 2.36. The Morgan fingerprint density at radius 3 is 1.41 bits per heavy atom. The Morgan fingerprint density at radius 2 is 1.00 bits per heavy atom. The van der Waals surface area contributed by atoms with Gasteiger partial charge in [-0.05, 0) is 100 Å². The fourth-order valence-electron chi connectivity index (χ4n) is 2.94. The molecular weight excluding hydrogens is 336 g/mol. The minimum absolute atomic E-state index is 0.931. The average molecular weight is 381 g/mol. The van der Waals surface area contributed by atoms with Crippen LogP contribution in [-0.2, 0) is 0 Å². The largest absolute Gasteiger partial charge is 0.382 e. The lowest BCUT2D eigenvalue weighted by molar-refractivity contribution is 0.395. The fourth-order valence-corrected chi connectivity index (χ4v) is 2.94. The molecule has 0 unspecified atom stereocenters. The summed E-state index contributed by atoms with van der Waals surface area (Å²) in [6, 6.07) is 0. The van der Waals surface area contributed by atoms with Gasteiger partial charge in [0.2, 0.25) is 0 Å². The molecule has 0 atom stereocenters. The summed E-state index contributed by atoms with van der Waals surface area (Å²) in [6.45, 7) is 6.46. The van der Waals surface area contributed by atoms with E-state index in [1.54, 1.807) is 0 Å². The van der Waals surface area contributed by atoms with Crippen LogP contribution in [0.3, 0.4) is 0 Å². The van der Waals surface area contributed by atoms with Gasteiger partial charge in [-0.15, -0.1) is 0 Å². The first kappa shape index (κ1) is 23.9. The summed E-state index contributed by atoms with van der Waals surface area (Å²) >= 11 is 0. The van der Waals surface area contributed by atoms with Crippen molar-refractivity contribution in [3.8, 4) is 0 Å². The highest BCUT2D eigenvalue weighted by molar-refractivity contribution is 5.82. The first-order valence-corrected chi connectivity index (χ1v) is 10.6. The number of nitrogens with one attached hydrogen (secondary N) is 2. The molecule has 1 rings (SSSR count). The molecule has 0 bridgehead atoms. The summed E-state index contributed by atoms with van der Waals surface area (Å²) in [7, 11) is 12.8. The van der Waals surface area contributed by atoms with Crippen molar-refractivity contribution in [1.29, 1.82) is 0 Å². The molecule has 6 heteroatoms. The summed E-state index contributed by atoms with van der Waals surface area (Å²) < 4.78 is 0. The summed E-state index contributed by atoms with van der Waals surface area (Å²) in [6.07, 6.45) is 7.25. The monoisotopic (exact) mass is 380 g/mol. The minimum atomic E-state index is 0.931. The van der Waals surface area contributed by atoms with E-state index in [1.165, 1.54) is 48.8 Å². The van der Waals surface area contributed by atoms with Crippen molar-refractivity contribution in [1.82, 2.24) is 14.7 Å². The number of nitrogens with zero attached hydrogens (tertiary/aromatic N) is 4. The van der Waals surface area contributed by atoms with Crippen molar-refractivity contribution < 1.29 is 0 Å². The maximum Gasteiger partial charge on any atom is 0.108 e. The Morgan fingerprint density at radius 1 is 0.593 bits per heavy atom. The van der Waals surface area contributed by atoms with E-state index in [4.69, 9.17) is 4.99 Å². The van der Waals surface area contributed by atoms with Crippen LogP contribution in [0.2, 0.25) is 0 Å². The predicted molar refractivity (Wildman–Crippen MR) is 120 cm³/mol. The van der Waals surface area contributed by atoms with Crippen molar-refractivity contribution in [2.45, 2.75) is 38.5 Å². The van der Waals surface area contributed by atoms with Gasteiger partial charge >= 0.3 is 0 Å². The molecule has 0 heterocycles. The van der Waals surface area contributed by atoms with Gasteiger partial charge in [0.25, 0.3) is 0 Å². The average Bonchev–Trinajstić information content (AvgIpc) is 3.24. The molecule has 0 saturated carbocycles. The Hall–Kier alpha value is -1.11. The van der Waals surface area contributed by atoms with Crippen molar-refractivity contribution in [3.05, 3.63) is 5.36 Å². The first-order valence-electron chi connectivity index (χ1n) is 10.6. The summed E-state index contributed by atoms with van der Waals surface area (Å²) in [4.78, 5) is 11.6. The van der Waals surface area contributed by atoms with E-state index in [9.17, 15) is 0 Å². The number of anilines is 2. The van der Waals surface area contributed by atoms with Crippen LogP contribution in [0, 0.1) is 0 Å². The third-order valence-electron chi connectivity index (χ3n) is 4.61. The zero-order valence-electron chi connectivity index (χ0n) is 18.8. The predicted octanol–water partition coefficient (Wildman–Crippen LogP) is 2.31. The quantitative estimate of drug-likeness (QED) is 0.406. The zero-order valence-corrected chi connectivity index (χ0v) is 18.8. The summed E-state index contributed by atoms with van der Waals surface area (Å²) in [5.74, 6) is 0. The van der Waals surface area contributed by atoms with Crippen LogP contribution in [0.15, 0.2) is 4.99 Å². The van der Waals surface area contributed by atoms with Gasteiger partial charge in [0.05, 0.1) is 11.4 Å². The maximum atomic E-state index is 4.83. The molecular formula is C21H44N6. The van der Waals surface area contributed by atoms with E-state index in [2.05, 4.69) is 67.6 Å². The Labute approximate surface area is 167 Å². The highest BCUT2D eigenvalue weighted by atomic mass is 15.1. The lowest BCUT2D eigenvalue weighted by Crippen LogP contribution is -2.14. The number of unbranched alkanes of at least 4 members (excludes halogenated alkanes) is 3. The van der Waals surface area contributed by atoms with Crippen LogP contribution < -0.4 is 16.0 Å². The normalized spacial score (nSPS) is 11.9. The lowest BCUT2D eigenvalue weighted by Gasteiger charge is -2.09. The van der Waals surface area contributed by atoms with Crippen LogP contribution in [0.1, 0.15) is 38.5 Å². The molecule has 1 aromatic rings. The van der Waals surface area contributed by atoms with Gasteiger partial charge in [-0.1, -0.05) is 0 Å². The molecule has 0 aromatic heterocycles. The fraction of sp³-hybridized carbons (Fsp3) is 0.857. The van der Waals surface area contributed by atoms with Crippen LogP contribution in [0.5, 0.6) is 0 Å². The van der Waals surface area contributed by atoms with Crippen molar-refractivity contribution in [2.24, 2.45) is 4.99 Å². The third kappa shape index (κ3) is 12.1. The SMILES string of the molecule is CN(C)CCCCN=c1c(NCCCCN(C)C)c1NCCCCN(C)C. The minimum Gasteiger partial charge on any atom is -0.382 e. The molecule has 0 saturated heterocycles. The van der Waals surface area contributed by atoms with E-state index in [0.717, 1.165) is 45.7 Å². The molecule has 1 aromatic carbocycles. The smallest absolute Gasteiger partial charge is 0.108 e. The Bertz CT molecular complexity index is 466. The molecule has 0 aliphatic rings. The van der Waals surface area contributed by atoms with Crippen molar-refractivity contribution in [2.75, 3.05) is 92.2 Å². The van der Waals surface area contributed by atoms with E-state index >= 15 is 0 Å². The van der Waals surface area contributed by atoms with E-state index in [1.807, 2.05) is 0 Å². The van der Waals surface area contributed by atoms with Crippen LogP contribution in [-0.4, -0.2) is 96.3 Å². The van der Waals surface area contributed by atoms with Crippen molar-refractivity contribution >= 4 is 11.4 Å². The molecule has 158 valence electrons. The van der Waals surface area contributed by atoms with Gasteiger partial charge in [-0.3, -0.25) is 4.99 Å². The van der Waals surface area contributed by atoms with Gasteiger partial charge in [0, 0.05) is 19.6 Å². The van der Waals surface area contributed by atoms with Crippen LogP contribution in [0.4, 0.5) is 11.4 Å². The van der Waals surface area contributed by atoms with E-state index in [0.29, 0.717) is 0 Å². The summed E-state index contributed by atoms with van der Waals surface area (Å²) in [5.41, 5.74) is 2.53. The highest BCUT2D eigenvalue weighted by Gasteiger charge is 2.18. The van der Waals surface area contributed by atoms with Crippen molar-refractivity contribution in [3.63, 3.8) is 0 Å². The standard InChI is InChI=1S/C21H44N6/c1-25(2)16-10-7-13-22-19-20(23-14-8-11-17-26(3)4)21(19)24-15-9-12-18-27(5)6/h22-23H,7-18H2,1-6H3. The molecule has 0 fully saturated rings. The summed E-state index contributed by atoms with van der Waals surface area (Å²) in [5, 5.41) is 8.39. The number of hydrogen-bond acceptors (Lipinski definition) is 6. The van der Waals surface area contributed by atoms with Crippen LogP contribution >= 0.6 is 0 Å². The molecule has 0 amide bonds. The maximum absolute atomic E-state index is 4.83. The van der Waals surface area contributed by atoms with Gasteiger partial charge < -0.3 is 25.3 Å². The van der Waals surface area contributed by atoms with Gasteiger partial charge in [-0.2, -0.15) is 0 Å². The molecule has 6 nitrogen and oxygen atoms in total. The van der Waals surface area contributed by atoms with E-state index in [-0.39, 0.29) is 0 Å². The van der Waals surface area contributed by atoms with Gasteiger partial charge in [0.15, 0.2) is 0 Å². The highest BCUT2D eigenvalue weighted by Crippen LogP contribution is 2.24. The molecule has 0 spiro atoms. The molecule has 0 aliphatic heterocycles. The molecule has 0 aliphatic carbocycles. The third-order valence-corrected chi connectivity index (χ3v) is 4.61. The van der Waals surface area contributed by atoms with Gasteiger partial charge in [0.1, 0.15) is 5.36 Å². The second-order valence-electron chi connectivity index (χ2n) is 8.37. The van der Waals surface area contributed by atoms with Gasteiger partial charge in [-0.25, -0.2) is 0 Å². The first-order chi connectivity index (χ1) is 12.9. The lowest BCUT2D eigenvalue weighted by atomic mass is 10.3. The molecule has 2 N–H and O–H groups in total. The Kier molecular flexibility index (Phi) is 12.4. The zero-order chi connectivity index (χ0) is 20.1. The second kappa shape index (κ2) is 14.0. The molecule has 0 radical (unpaired) electrons. The second-order valence-corrected chi connectivity index (χ2v) is 8.37. The van der Waals surface area contributed by atoms with E-state index < -0.39 is 0 Å². The van der Waals surface area contributed by atoms with Crippen LogP contribution in [0.25, 0.3) is 0 Å². The topological polar surface area (TPSA) is 46.1 Å².